The number of hydrogen-bond acceptors (Lipinski definition) is 3. The first-order chi connectivity index (χ1) is 9.47. The molecule has 2 aromatic rings. The molecule has 0 heterocycles. The van der Waals surface area contributed by atoms with E-state index < -0.39 is 4.92 Å². The molecule has 4 nitrogen and oxygen atoms in total. The third kappa shape index (κ3) is 3.40. The van der Waals surface area contributed by atoms with E-state index in [-0.39, 0.29) is 5.69 Å². The van der Waals surface area contributed by atoms with Crippen molar-refractivity contribution in [1.82, 2.24) is 0 Å². The van der Waals surface area contributed by atoms with Crippen LogP contribution in [-0.4, -0.2) is 4.92 Å². The Bertz CT molecular complexity index is 660. The van der Waals surface area contributed by atoms with Crippen LogP contribution in [0.3, 0.4) is 0 Å². The van der Waals surface area contributed by atoms with E-state index in [2.05, 4.69) is 5.32 Å². The molecule has 0 aliphatic rings. The van der Waals surface area contributed by atoms with Crippen LogP contribution >= 0.6 is 23.2 Å². The Hall–Kier alpha value is -1.78. The van der Waals surface area contributed by atoms with Crippen molar-refractivity contribution in [1.29, 1.82) is 0 Å². The van der Waals surface area contributed by atoms with Crippen molar-refractivity contribution in [3.63, 3.8) is 0 Å². The van der Waals surface area contributed by atoms with Gasteiger partial charge in [0.15, 0.2) is 0 Å². The molecule has 0 unspecified atom stereocenters. The summed E-state index contributed by atoms with van der Waals surface area (Å²) in [5.74, 6) is 0. The van der Waals surface area contributed by atoms with Crippen molar-refractivity contribution in [2.45, 2.75) is 13.5 Å². The topological polar surface area (TPSA) is 55.2 Å². The summed E-state index contributed by atoms with van der Waals surface area (Å²) in [6, 6.07) is 10.1. The minimum atomic E-state index is -0.472. The van der Waals surface area contributed by atoms with Crippen LogP contribution in [-0.2, 0) is 6.54 Å². The molecular formula is C14H12Cl2N2O2. The highest BCUT2D eigenvalue weighted by Gasteiger charge is 2.09. The molecule has 0 fully saturated rings. The number of halogens is 2. The van der Waals surface area contributed by atoms with Gasteiger partial charge in [-0.1, -0.05) is 29.3 Å². The van der Waals surface area contributed by atoms with Gasteiger partial charge < -0.3 is 5.32 Å². The predicted molar refractivity (Wildman–Crippen MR) is 81.6 cm³/mol. The molecule has 20 heavy (non-hydrogen) atoms. The second-order valence-electron chi connectivity index (χ2n) is 4.37. The number of nitro groups is 1. The average Bonchev–Trinajstić information content (AvgIpc) is 2.38. The van der Waals surface area contributed by atoms with Gasteiger partial charge >= 0.3 is 0 Å². The molecule has 0 saturated carbocycles. The van der Waals surface area contributed by atoms with Crippen LogP contribution in [0.5, 0.6) is 0 Å². The maximum atomic E-state index is 10.6. The van der Waals surface area contributed by atoms with Crippen LogP contribution < -0.4 is 5.32 Å². The number of aryl methyl sites for hydroxylation is 1. The molecule has 0 atom stereocenters. The Morgan fingerprint density at radius 2 is 1.90 bits per heavy atom. The van der Waals surface area contributed by atoms with Crippen LogP contribution in [0, 0.1) is 17.0 Å². The Balaban J connectivity index is 2.13. The van der Waals surface area contributed by atoms with Crippen molar-refractivity contribution in [2.75, 3.05) is 5.32 Å². The zero-order valence-corrected chi connectivity index (χ0v) is 12.2. The molecule has 0 aromatic heterocycles. The smallest absolute Gasteiger partial charge is 0.270 e. The van der Waals surface area contributed by atoms with Crippen LogP contribution in [0.25, 0.3) is 0 Å². The van der Waals surface area contributed by atoms with Crippen LogP contribution in [0.4, 0.5) is 11.4 Å². The van der Waals surface area contributed by atoms with Crippen LogP contribution in [0.15, 0.2) is 36.4 Å². The van der Waals surface area contributed by atoms with E-state index in [0.29, 0.717) is 16.6 Å². The van der Waals surface area contributed by atoms with Crippen molar-refractivity contribution in [2.24, 2.45) is 0 Å². The largest absolute Gasteiger partial charge is 0.380 e. The van der Waals surface area contributed by atoms with Gasteiger partial charge in [0.25, 0.3) is 5.69 Å². The molecule has 2 rings (SSSR count). The number of nitro benzene ring substituents is 1. The Morgan fingerprint density at radius 3 is 2.50 bits per heavy atom. The highest BCUT2D eigenvalue weighted by atomic mass is 35.5. The molecule has 0 aliphatic heterocycles. The lowest BCUT2D eigenvalue weighted by Crippen LogP contribution is -2.01. The summed E-state index contributed by atoms with van der Waals surface area (Å²) in [5.41, 5.74) is 2.63. The Labute approximate surface area is 126 Å². The van der Waals surface area contributed by atoms with Gasteiger partial charge in [-0.2, -0.15) is 0 Å². The van der Waals surface area contributed by atoms with Gasteiger partial charge in [0.05, 0.1) is 20.7 Å². The normalized spacial score (nSPS) is 10.3. The molecule has 2 aromatic carbocycles. The summed E-state index contributed by atoms with van der Waals surface area (Å²) in [5, 5.41) is 14.8. The maximum Gasteiger partial charge on any atom is 0.270 e. The lowest BCUT2D eigenvalue weighted by Gasteiger charge is -2.10. The number of benzene rings is 2. The molecule has 0 bridgehead atoms. The highest BCUT2D eigenvalue weighted by molar-refractivity contribution is 6.33. The van der Waals surface area contributed by atoms with E-state index in [1.165, 1.54) is 12.1 Å². The summed E-state index contributed by atoms with van der Waals surface area (Å²) >= 11 is 12.1. The van der Waals surface area contributed by atoms with Crippen molar-refractivity contribution in [3.8, 4) is 0 Å². The maximum absolute atomic E-state index is 10.6. The highest BCUT2D eigenvalue weighted by Crippen LogP contribution is 2.26. The molecular weight excluding hydrogens is 299 g/mol. The summed E-state index contributed by atoms with van der Waals surface area (Å²) in [6.45, 7) is 2.41. The van der Waals surface area contributed by atoms with E-state index in [4.69, 9.17) is 23.2 Å². The monoisotopic (exact) mass is 310 g/mol. The average molecular weight is 311 g/mol. The SMILES string of the molecule is Cc1ccc(NCc2ccc([N+](=O)[O-])cc2Cl)c(Cl)c1. The van der Waals surface area contributed by atoms with Crippen molar-refractivity contribution >= 4 is 34.6 Å². The van der Waals surface area contributed by atoms with Gasteiger partial charge in [0, 0.05) is 18.7 Å². The standard InChI is InChI=1S/C14H12Cl2N2O2/c1-9-2-5-14(13(16)6-9)17-8-10-3-4-11(18(19)20)7-12(10)15/h2-7,17H,8H2,1H3. The molecule has 0 spiro atoms. The lowest BCUT2D eigenvalue weighted by molar-refractivity contribution is -0.384. The third-order valence-electron chi connectivity index (χ3n) is 2.84. The molecule has 6 heteroatoms. The Morgan fingerprint density at radius 1 is 1.15 bits per heavy atom. The fraction of sp³-hybridized carbons (Fsp3) is 0.143. The van der Waals surface area contributed by atoms with Crippen LogP contribution in [0.2, 0.25) is 10.0 Å². The van der Waals surface area contributed by atoms with E-state index in [9.17, 15) is 10.1 Å². The fourth-order valence-electron chi connectivity index (χ4n) is 1.75. The lowest BCUT2D eigenvalue weighted by atomic mass is 10.2. The van der Waals surface area contributed by atoms with E-state index >= 15 is 0 Å². The van der Waals surface area contributed by atoms with E-state index in [0.717, 1.165) is 16.8 Å². The Kier molecular flexibility index (Phi) is 4.47. The second-order valence-corrected chi connectivity index (χ2v) is 5.18. The molecule has 104 valence electrons. The first kappa shape index (κ1) is 14.6. The van der Waals surface area contributed by atoms with Gasteiger partial charge in [-0.05, 0) is 36.2 Å². The van der Waals surface area contributed by atoms with Gasteiger partial charge in [0.1, 0.15) is 0 Å². The van der Waals surface area contributed by atoms with Gasteiger partial charge in [0.2, 0.25) is 0 Å². The zero-order valence-electron chi connectivity index (χ0n) is 10.7. The summed E-state index contributed by atoms with van der Waals surface area (Å²) in [4.78, 5) is 10.2. The van der Waals surface area contributed by atoms with Gasteiger partial charge in [-0.3, -0.25) is 10.1 Å². The molecule has 1 N–H and O–H groups in total. The zero-order chi connectivity index (χ0) is 14.7. The third-order valence-corrected chi connectivity index (χ3v) is 3.51. The quantitative estimate of drug-likeness (QED) is 0.650. The van der Waals surface area contributed by atoms with Crippen LogP contribution in [0.1, 0.15) is 11.1 Å². The number of nitrogens with one attached hydrogen (secondary N) is 1. The molecule has 0 aliphatic carbocycles. The molecule has 0 radical (unpaired) electrons. The summed E-state index contributed by atoms with van der Waals surface area (Å²) in [6.07, 6.45) is 0. The minimum Gasteiger partial charge on any atom is -0.380 e. The first-order valence-electron chi connectivity index (χ1n) is 5.90. The summed E-state index contributed by atoms with van der Waals surface area (Å²) in [7, 11) is 0. The van der Waals surface area contributed by atoms with E-state index in [1.54, 1.807) is 6.07 Å². The van der Waals surface area contributed by atoms with Crippen molar-refractivity contribution in [3.05, 3.63) is 67.7 Å². The molecule has 0 saturated heterocycles. The summed E-state index contributed by atoms with van der Waals surface area (Å²) < 4.78 is 0. The number of hydrogen-bond donors (Lipinski definition) is 1. The van der Waals surface area contributed by atoms with E-state index in [1.807, 2.05) is 25.1 Å². The number of nitrogens with zero attached hydrogens (tertiary/aromatic N) is 1. The molecule has 0 amide bonds. The van der Waals surface area contributed by atoms with Gasteiger partial charge in [-0.25, -0.2) is 0 Å². The first-order valence-corrected chi connectivity index (χ1v) is 6.66. The number of non-ortho nitro benzene ring substituents is 1. The van der Waals surface area contributed by atoms with Gasteiger partial charge in [-0.15, -0.1) is 0 Å². The predicted octanol–water partition coefficient (Wildman–Crippen LogP) is 4.82. The fourth-order valence-corrected chi connectivity index (χ4v) is 2.29. The van der Waals surface area contributed by atoms with Crippen molar-refractivity contribution < 1.29 is 4.92 Å². The minimum absolute atomic E-state index is 0.0212. The number of anilines is 1. The number of rotatable bonds is 4. The second kappa shape index (κ2) is 6.11.